The number of aryl methyl sites for hydroxylation is 1. The van der Waals surface area contributed by atoms with Gasteiger partial charge in [-0.15, -0.1) is 0 Å². The first-order valence-corrected chi connectivity index (χ1v) is 5.88. The molecule has 0 saturated carbocycles. The molecule has 0 aliphatic heterocycles. The predicted molar refractivity (Wildman–Crippen MR) is 71.1 cm³/mol. The fraction of sp³-hybridized carbons (Fsp3) is 0.286. The highest BCUT2D eigenvalue weighted by Crippen LogP contribution is 2.35. The average Bonchev–Trinajstić information content (AvgIpc) is 2.95. The molecule has 0 amide bonds. The van der Waals surface area contributed by atoms with E-state index >= 15 is 0 Å². The molecule has 6 nitrogen and oxygen atoms in total. The van der Waals surface area contributed by atoms with E-state index in [4.69, 9.17) is 14.0 Å². The van der Waals surface area contributed by atoms with Crippen LogP contribution in [0.3, 0.4) is 0 Å². The highest BCUT2D eigenvalue weighted by molar-refractivity contribution is 5.88. The summed E-state index contributed by atoms with van der Waals surface area (Å²) in [6.45, 7) is 1.90. The van der Waals surface area contributed by atoms with Gasteiger partial charge in [-0.3, -0.25) is 0 Å². The quantitative estimate of drug-likeness (QED) is 0.799. The van der Waals surface area contributed by atoms with Crippen molar-refractivity contribution in [2.75, 3.05) is 21.3 Å². The Morgan fingerprint density at radius 3 is 2.35 bits per heavy atom. The molecule has 0 bridgehead atoms. The van der Waals surface area contributed by atoms with E-state index in [0.717, 1.165) is 11.1 Å². The molecular formula is C14H15NO5. The molecule has 0 aliphatic rings. The minimum atomic E-state index is -0.543. The zero-order valence-electron chi connectivity index (χ0n) is 11.7. The summed E-state index contributed by atoms with van der Waals surface area (Å²) in [6.07, 6.45) is 0. The summed E-state index contributed by atoms with van der Waals surface area (Å²) >= 11 is 0. The molecule has 2 aromatic rings. The van der Waals surface area contributed by atoms with Gasteiger partial charge in [-0.25, -0.2) is 4.79 Å². The van der Waals surface area contributed by atoms with E-state index in [1.165, 1.54) is 13.2 Å². The number of hydrogen-bond donors (Lipinski definition) is 0. The molecule has 1 heterocycles. The highest BCUT2D eigenvalue weighted by atomic mass is 16.5. The van der Waals surface area contributed by atoms with Gasteiger partial charge in [0.25, 0.3) is 0 Å². The Morgan fingerprint density at radius 1 is 1.10 bits per heavy atom. The summed E-state index contributed by atoms with van der Waals surface area (Å²) in [4.78, 5) is 11.4. The summed E-state index contributed by atoms with van der Waals surface area (Å²) in [7, 11) is 4.41. The predicted octanol–water partition coefficient (Wildman–Crippen LogP) is 2.45. The normalized spacial score (nSPS) is 10.2. The molecule has 20 heavy (non-hydrogen) atoms. The summed E-state index contributed by atoms with van der Waals surface area (Å²) in [5.74, 6) is 1.12. The molecule has 0 N–H and O–H groups in total. The smallest absolute Gasteiger partial charge is 0.360 e. The molecule has 0 saturated heterocycles. The van der Waals surface area contributed by atoms with Gasteiger partial charge in [-0.2, -0.15) is 0 Å². The second-order valence-corrected chi connectivity index (χ2v) is 4.09. The molecule has 0 spiro atoms. The Labute approximate surface area is 116 Å². The Morgan fingerprint density at radius 2 is 1.75 bits per heavy atom. The number of rotatable bonds is 4. The average molecular weight is 277 g/mol. The van der Waals surface area contributed by atoms with Gasteiger partial charge in [0.2, 0.25) is 0 Å². The fourth-order valence-corrected chi connectivity index (χ4v) is 1.85. The van der Waals surface area contributed by atoms with Crippen molar-refractivity contribution in [3.63, 3.8) is 0 Å². The van der Waals surface area contributed by atoms with E-state index in [1.54, 1.807) is 20.3 Å². The molecule has 0 atom stereocenters. The molecule has 0 unspecified atom stereocenters. The number of esters is 1. The Kier molecular flexibility index (Phi) is 3.93. The van der Waals surface area contributed by atoms with Gasteiger partial charge in [0.05, 0.1) is 21.3 Å². The van der Waals surface area contributed by atoms with Gasteiger partial charge in [0.15, 0.2) is 23.0 Å². The third-order valence-electron chi connectivity index (χ3n) is 2.90. The second kappa shape index (κ2) is 5.64. The van der Waals surface area contributed by atoms with E-state index in [0.29, 0.717) is 17.3 Å². The lowest BCUT2D eigenvalue weighted by Crippen LogP contribution is -2.00. The van der Waals surface area contributed by atoms with Crippen molar-refractivity contribution in [1.82, 2.24) is 5.16 Å². The van der Waals surface area contributed by atoms with Gasteiger partial charge in [-0.05, 0) is 24.6 Å². The van der Waals surface area contributed by atoms with E-state index in [2.05, 4.69) is 9.89 Å². The summed E-state index contributed by atoms with van der Waals surface area (Å²) in [6, 6.07) is 5.13. The molecule has 0 radical (unpaired) electrons. The zero-order chi connectivity index (χ0) is 14.7. The molecule has 106 valence electrons. The zero-order valence-corrected chi connectivity index (χ0v) is 11.7. The van der Waals surface area contributed by atoms with Crippen LogP contribution in [0.5, 0.6) is 11.5 Å². The lowest BCUT2D eigenvalue weighted by atomic mass is 10.1. The number of ether oxygens (including phenoxy) is 3. The molecular weight excluding hydrogens is 262 g/mol. The van der Waals surface area contributed by atoms with E-state index in [-0.39, 0.29) is 5.69 Å². The standard InChI is InChI=1S/C14H15NO5/c1-8-5-12(17-2)13(18-3)6-9(8)11-7-10(15-20-11)14(16)19-4/h5-7H,1-4H3. The van der Waals surface area contributed by atoms with Gasteiger partial charge in [0, 0.05) is 11.6 Å². The van der Waals surface area contributed by atoms with E-state index < -0.39 is 5.97 Å². The van der Waals surface area contributed by atoms with Crippen molar-refractivity contribution < 1.29 is 23.5 Å². The van der Waals surface area contributed by atoms with Crippen LogP contribution in [-0.2, 0) is 4.74 Å². The van der Waals surface area contributed by atoms with Crippen LogP contribution in [0, 0.1) is 6.92 Å². The summed E-state index contributed by atoms with van der Waals surface area (Å²) in [5, 5.41) is 3.68. The van der Waals surface area contributed by atoms with Crippen molar-refractivity contribution in [3.05, 3.63) is 29.5 Å². The number of carbonyl (C=O) groups excluding carboxylic acids is 1. The SMILES string of the molecule is COC(=O)c1cc(-c2cc(OC)c(OC)cc2C)on1. The van der Waals surface area contributed by atoms with Crippen LogP contribution in [0.4, 0.5) is 0 Å². The molecule has 1 aromatic carbocycles. The van der Waals surface area contributed by atoms with E-state index in [9.17, 15) is 4.79 Å². The number of hydrogen-bond acceptors (Lipinski definition) is 6. The van der Waals surface area contributed by atoms with Gasteiger partial charge < -0.3 is 18.7 Å². The van der Waals surface area contributed by atoms with Crippen LogP contribution in [0.25, 0.3) is 11.3 Å². The van der Waals surface area contributed by atoms with Crippen LogP contribution in [0.1, 0.15) is 16.1 Å². The Hall–Kier alpha value is -2.50. The third kappa shape index (κ3) is 2.45. The fourth-order valence-electron chi connectivity index (χ4n) is 1.85. The van der Waals surface area contributed by atoms with Crippen molar-refractivity contribution >= 4 is 5.97 Å². The lowest BCUT2D eigenvalue weighted by Gasteiger charge is -2.10. The lowest BCUT2D eigenvalue weighted by molar-refractivity contribution is 0.0589. The van der Waals surface area contributed by atoms with Crippen molar-refractivity contribution in [2.24, 2.45) is 0 Å². The number of benzene rings is 1. The van der Waals surface area contributed by atoms with Crippen LogP contribution in [0.2, 0.25) is 0 Å². The first-order valence-electron chi connectivity index (χ1n) is 5.88. The second-order valence-electron chi connectivity index (χ2n) is 4.09. The third-order valence-corrected chi connectivity index (χ3v) is 2.90. The van der Waals surface area contributed by atoms with Crippen LogP contribution < -0.4 is 9.47 Å². The minimum Gasteiger partial charge on any atom is -0.493 e. The largest absolute Gasteiger partial charge is 0.493 e. The van der Waals surface area contributed by atoms with E-state index in [1.807, 2.05) is 13.0 Å². The molecule has 0 aliphatic carbocycles. The van der Waals surface area contributed by atoms with Crippen molar-refractivity contribution in [1.29, 1.82) is 0 Å². The maximum absolute atomic E-state index is 11.4. The summed E-state index contributed by atoms with van der Waals surface area (Å²) in [5.41, 5.74) is 1.80. The van der Waals surface area contributed by atoms with Crippen molar-refractivity contribution in [2.45, 2.75) is 6.92 Å². The van der Waals surface area contributed by atoms with Crippen LogP contribution >= 0.6 is 0 Å². The number of nitrogens with zero attached hydrogens (tertiary/aromatic N) is 1. The van der Waals surface area contributed by atoms with Crippen LogP contribution in [0.15, 0.2) is 22.7 Å². The van der Waals surface area contributed by atoms with Gasteiger partial charge in [-0.1, -0.05) is 5.16 Å². The Bertz CT molecular complexity index is 632. The number of carbonyl (C=O) groups is 1. The molecule has 6 heteroatoms. The van der Waals surface area contributed by atoms with Crippen molar-refractivity contribution in [3.8, 4) is 22.8 Å². The number of aromatic nitrogens is 1. The molecule has 0 fully saturated rings. The Balaban J connectivity index is 2.47. The monoisotopic (exact) mass is 277 g/mol. The van der Waals surface area contributed by atoms with Crippen LogP contribution in [-0.4, -0.2) is 32.5 Å². The minimum absolute atomic E-state index is 0.122. The number of methoxy groups -OCH3 is 3. The maximum atomic E-state index is 11.4. The topological polar surface area (TPSA) is 70.8 Å². The first-order chi connectivity index (χ1) is 9.60. The molecule has 1 aromatic heterocycles. The highest BCUT2D eigenvalue weighted by Gasteiger charge is 2.17. The van der Waals surface area contributed by atoms with Gasteiger partial charge in [0.1, 0.15) is 0 Å². The van der Waals surface area contributed by atoms with Gasteiger partial charge >= 0.3 is 5.97 Å². The summed E-state index contributed by atoms with van der Waals surface area (Å²) < 4.78 is 20.2. The molecule has 2 rings (SSSR count). The first kappa shape index (κ1) is 13.9. The maximum Gasteiger partial charge on any atom is 0.360 e.